The lowest BCUT2D eigenvalue weighted by atomic mass is 9.47. The number of methoxy groups -OCH3 is 1. The van der Waals surface area contributed by atoms with Gasteiger partial charge in [0.15, 0.2) is 5.60 Å². The summed E-state index contributed by atoms with van der Waals surface area (Å²) in [5.74, 6) is 0.104. The molecule has 14 nitrogen and oxygen atoms in total. The molecule has 2 amide bonds. The van der Waals surface area contributed by atoms with Crippen LogP contribution in [0.25, 0.3) is 10.9 Å². The Morgan fingerprint density at radius 3 is 2.63 bits per heavy atom. The highest BCUT2D eigenvalue weighted by atomic mass is 33.1. The number of nitrogens with zero attached hydrogens (tertiary/aromatic N) is 4. The van der Waals surface area contributed by atoms with Crippen molar-refractivity contribution in [2.24, 2.45) is 5.41 Å². The lowest BCUT2D eigenvalue weighted by molar-refractivity contribution is -0.204. The van der Waals surface area contributed by atoms with Gasteiger partial charge in [-0.15, -0.1) is 0 Å². The lowest BCUT2D eigenvalue weighted by Gasteiger charge is -2.63. The molecule has 2 saturated heterocycles. The zero-order valence-electron chi connectivity index (χ0n) is 38.0. The number of carbonyl (C=O) groups excluding carboxylic acids is 2. The maximum atomic E-state index is 14.7. The molecule has 0 radical (unpaired) electrons. The van der Waals surface area contributed by atoms with Crippen LogP contribution in [0.3, 0.4) is 0 Å². The second kappa shape index (κ2) is 18.1. The van der Waals surface area contributed by atoms with E-state index < -0.39 is 46.2 Å². The van der Waals surface area contributed by atoms with Gasteiger partial charge in [0.05, 0.1) is 18.8 Å². The summed E-state index contributed by atoms with van der Waals surface area (Å²) in [5, 5.41) is 39.1. The number of hydrogen-bond acceptors (Lipinski definition) is 13. The molecule has 1 spiro atoms. The first-order valence-electron chi connectivity index (χ1n) is 23.1. The first kappa shape index (κ1) is 45.8. The topological polar surface area (TPSA) is 176 Å². The molecule has 2 aromatic heterocycles. The van der Waals surface area contributed by atoms with Crippen LogP contribution in [0.4, 0.5) is 10.5 Å². The summed E-state index contributed by atoms with van der Waals surface area (Å²) in [4.78, 5) is 42.5. The smallest absolute Gasteiger partial charge is 0.426 e. The van der Waals surface area contributed by atoms with Crippen LogP contribution in [0.15, 0.2) is 78.0 Å². The fourth-order valence-corrected chi connectivity index (χ4v) is 14.2. The molecule has 6 N–H and O–H groups in total. The van der Waals surface area contributed by atoms with E-state index in [4.69, 9.17) is 9.47 Å². The van der Waals surface area contributed by atoms with Crippen molar-refractivity contribution < 1.29 is 34.4 Å². The molecule has 0 bridgehead atoms. The van der Waals surface area contributed by atoms with Gasteiger partial charge in [-0.2, -0.15) is 0 Å². The van der Waals surface area contributed by atoms with Gasteiger partial charge in [0.25, 0.3) is 5.91 Å². The van der Waals surface area contributed by atoms with Gasteiger partial charge >= 0.3 is 6.09 Å². The summed E-state index contributed by atoms with van der Waals surface area (Å²) in [6.45, 7) is 10.2. The molecular formula is C49H63N7O7S2. The SMILES string of the molecule is CCC1(O)CCCN(CCc2c([C@@H](C)c3cc4c(cc3OC)N(C)[C@H]3[C@](O)(C(=O)NNC(=O)OCCSSc5ccccn5)[C@H](O)[C@]5(CC)C=CCN6CC[C@]43[C@@H]65)[nH]c3ccccc23)C1. The van der Waals surface area contributed by atoms with E-state index in [1.54, 1.807) is 13.3 Å². The number of aromatic amines is 1. The third kappa shape index (κ3) is 7.60. The maximum absolute atomic E-state index is 14.7. The number of hydrogen-bond donors (Lipinski definition) is 6. The number of aliphatic hydroxyl groups excluding tert-OH is 1. The minimum atomic E-state index is -2.39. The molecule has 1 aliphatic carbocycles. The van der Waals surface area contributed by atoms with Crippen LogP contribution in [0.5, 0.6) is 5.75 Å². The molecule has 4 aliphatic heterocycles. The van der Waals surface area contributed by atoms with Gasteiger partial charge in [0, 0.05) is 95.3 Å². The Labute approximate surface area is 389 Å². The third-order valence-corrected chi connectivity index (χ3v) is 17.8. The minimum Gasteiger partial charge on any atom is -0.496 e. The van der Waals surface area contributed by atoms with E-state index in [9.17, 15) is 24.9 Å². The van der Waals surface area contributed by atoms with E-state index in [2.05, 4.69) is 74.8 Å². The summed E-state index contributed by atoms with van der Waals surface area (Å²) in [7, 11) is 6.51. The number of amides is 2. The Morgan fingerprint density at radius 1 is 1.05 bits per heavy atom. The zero-order chi connectivity index (χ0) is 45.7. The highest BCUT2D eigenvalue weighted by molar-refractivity contribution is 8.76. The normalized spacial score (nSPS) is 29.8. The van der Waals surface area contributed by atoms with Gasteiger partial charge in [-0.3, -0.25) is 15.1 Å². The maximum Gasteiger partial charge on any atom is 0.426 e. The van der Waals surface area contributed by atoms with E-state index in [0.717, 1.165) is 71.8 Å². The van der Waals surface area contributed by atoms with Gasteiger partial charge in [0.1, 0.15) is 23.5 Å². The number of ether oxygens (including phenoxy) is 2. The number of aliphatic hydroxyl groups is 3. The van der Waals surface area contributed by atoms with E-state index in [1.165, 1.54) is 32.5 Å². The van der Waals surface area contributed by atoms with Gasteiger partial charge in [-0.1, -0.05) is 68.0 Å². The molecular weight excluding hydrogens is 863 g/mol. The Kier molecular flexibility index (Phi) is 12.7. The Bertz CT molecular complexity index is 2440. The molecule has 5 aliphatic rings. The highest BCUT2D eigenvalue weighted by Gasteiger charge is 2.78. The monoisotopic (exact) mass is 925 g/mol. The number of H-pyrrole nitrogens is 1. The molecule has 6 heterocycles. The Morgan fingerprint density at radius 2 is 1.86 bits per heavy atom. The number of pyridine rings is 1. The summed E-state index contributed by atoms with van der Waals surface area (Å²) in [6, 6.07) is 17.2. The second-order valence-corrected chi connectivity index (χ2v) is 21.1. The van der Waals surface area contributed by atoms with Crippen molar-refractivity contribution >= 4 is 50.2 Å². The molecule has 8 atom stereocenters. The molecule has 348 valence electrons. The molecule has 1 saturated carbocycles. The second-order valence-electron chi connectivity index (χ2n) is 18.7. The Balaban J connectivity index is 1.04. The summed E-state index contributed by atoms with van der Waals surface area (Å²) in [6.07, 6.45) is 7.83. The van der Waals surface area contributed by atoms with E-state index in [1.807, 2.05) is 55.3 Å². The van der Waals surface area contributed by atoms with Gasteiger partial charge < -0.3 is 39.6 Å². The number of piperidine rings is 1. The number of benzene rings is 2. The van der Waals surface area contributed by atoms with Crippen molar-refractivity contribution in [2.75, 3.05) is 64.1 Å². The predicted octanol–water partition coefficient (Wildman–Crippen LogP) is 5.90. The van der Waals surface area contributed by atoms with Crippen LogP contribution in [-0.2, 0) is 21.4 Å². The number of nitrogens with one attached hydrogen (secondary N) is 3. The van der Waals surface area contributed by atoms with Crippen LogP contribution in [-0.4, -0.2) is 136 Å². The van der Waals surface area contributed by atoms with Crippen LogP contribution >= 0.6 is 21.6 Å². The number of hydrazine groups is 1. The molecule has 16 heteroatoms. The first-order valence-corrected chi connectivity index (χ1v) is 25.4. The standard InChI is InChI=1S/C49H63N7O7S2/c1-6-46(60)18-12-22-55(30-46)24-17-33-32-14-8-9-15-36(32)51-40(33)31(3)34-28-35-37(29-38(34)62-5)54(4)42-48(35)20-25-56-23-13-19-47(7-2,41(48)56)43(57)49(42,61)44(58)52-53-45(59)63-26-27-64-65-39-16-10-11-21-50-39/h8-11,13-16,19,21,28-29,31,41-43,51,57,60-61H,6-7,12,17-18,20,22-27,30H2,1-5H3,(H,52,58)(H,53,59)/t31-,41-,42+,43+,46?,47+,48+,49+/m0/s1. The number of carbonyl (C=O) groups is 2. The lowest BCUT2D eigenvalue weighted by Crippen LogP contribution is -2.82. The summed E-state index contributed by atoms with van der Waals surface area (Å²) in [5.41, 5.74) is 6.19. The van der Waals surface area contributed by atoms with Crippen molar-refractivity contribution in [3.63, 3.8) is 0 Å². The number of para-hydroxylation sites is 1. The summed E-state index contributed by atoms with van der Waals surface area (Å²) < 4.78 is 11.6. The molecule has 65 heavy (non-hydrogen) atoms. The average molecular weight is 926 g/mol. The number of β-amino-alcohol motifs (C(OH)–C–C–N with tert-alkyl or cyclic N) is 1. The largest absolute Gasteiger partial charge is 0.496 e. The van der Waals surface area contributed by atoms with Crippen molar-refractivity contribution in [2.45, 2.75) is 105 Å². The fourth-order valence-electron chi connectivity index (χ4n) is 12.5. The molecule has 4 aromatic rings. The molecule has 9 rings (SSSR count). The molecule has 3 fully saturated rings. The van der Waals surface area contributed by atoms with Crippen molar-refractivity contribution in [1.29, 1.82) is 0 Å². The van der Waals surface area contributed by atoms with Gasteiger partial charge in [-0.25, -0.2) is 15.2 Å². The summed E-state index contributed by atoms with van der Waals surface area (Å²) >= 11 is 0. The van der Waals surface area contributed by atoms with Gasteiger partial charge in [0.2, 0.25) is 0 Å². The van der Waals surface area contributed by atoms with E-state index >= 15 is 0 Å². The molecule has 2 aromatic carbocycles. The number of likely N-dealkylation sites (N-methyl/N-ethyl adjacent to an activating group) is 1. The van der Waals surface area contributed by atoms with Crippen molar-refractivity contribution in [3.8, 4) is 5.75 Å². The van der Waals surface area contributed by atoms with Gasteiger partial charge in [-0.05, 0) is 97.8 Å². The third-order valence-electron chi connectivity index (χ3n) is 15.5. The number of likely N-dealkylation sites (tertiary alicyclic amines) is 1. The zero-order valence-corrected chi connectivity index (χ0v) is 39.6. The molecule has 1 unspecified atom stereocenters. The van der Waals surface area contributed by atoms with E-state index in [-0.39, 0.29) is 18.6 Å². The predicted molar refractivity (Wildman–Crippen MR) is 255 cm³/mol. The van der Waals surface area contributed by atoms with Crippen LogP contribution < -0.4 is 20.5 Å². The minimum absolute atomic E-state index is 0.0779. The first-order chi connectivity index (χ1) is 31.3. The van der Waals surface area contributed by atoms with Crippen molar-refractivity contribution in [3.05, 3.63) is 95.3 Å². The average Bonchev–Trinajstić information content (AvgIpc) is 3.98. The number of aromatic nitrogens is 2. The quantitative estimate of drug-likeness (QED) is 0.0382. The fraction of sp³-hybridized carbons (Fsp3) is 0.531. The Hall–Kier alpha value is -4.29. The number of fused-ring (bicyclic) bond motifs is 2. The number of anilines is 1. The number of rotatable bonds is 14. The van der Waals surface area contributed by atoms with E-state index in [0.29, 0.717) is 44.0 Å². The van der Waals surface area contributed by atoms with Crippen LogP contribution in [0.2, 0.25) is 0 Å². The highest BCUT2D eigenvalue weighted by Crippen LogP contribution is 2.67. The van der Waals surface area contributed by atoms with Crippen LogP contribution in [0.1, 0.15) is 81.2 Å². The van der Waals surface area contributed by atoms with Crippen LogP contribution in [0, 0.1) is 5.41 Å². The van der Waals surface area contributed by atoms with Crippen molar-refractivity contribution in [1.82, 2.24) is 30.6 Å².